The predicted molar refractivity (Wildman–Crippen MR) is 77.1 cm³/mol. The van der Waals surface area contributed by atoms with Crippen LogP contribution in [0.15, 0.2) is 12.1 Å². The van der Waals surface area contributed by atoms with Crippen LogP contribution in [0.1, 0.15) is 33.3 Å². The van der Waals surface area contributed by atoms with Crippen LogP contribution in [0.25, 0.3) is 0 Å². The van der Waals surface area contributed by atoms with E-state index in [-0.39, 0.29) is 5.75 Å². The highest BCUT2D eigenvalue weighted by Crippen LogP contribution is 2.37. The highest BCUT2D eigenvalue weighted by Gasteiger charge is 2.52. The van der Waals surface area contributed by atoms with Gasteiger partial charge in [-0.3, -0.25) is 0 Å². The molecule has 0 atom stereocenters. The van der Waals surface area contributed by atoms with E-state index < -0.39 is 30.2 Å². The third kappa shape index (κ3) is 2.89. The van der Waals surface area contributed by atoms with E-state index in [1.807, 2.05) is 27.7 Å². The minimum absolute atomic E-state index is 0.0622. The first kappa shape index (κ1) is 15.8. The number of carbonyl (C=O) groups excluding carboxylic acids is 1. The molecule has 0 radical (unpaired) electrons. The minimum Gasteiger partial charge on any atom is -0.410 e. The number of primary amides is 1. The van der Waals surface area contributed by atoms with E-state index in [1.165, 1.54) is 6.07 Å². The maximum atomic E-state index is 13.8. The Morgan fingerprint density at radius 3 is 2.24 bits per heavy atom. The standard InChI is InChI=1S/C14H19BFNO4/c1-8-10(6-9(16)7-11(8)19-12(17)18)15-20-13(2,3)14(4,5)21-15/h6-7H,1-5H3,(H2,17,18). The number of ether oxygens (including phenoxy) is 1. The van der Waals surface area contributed by atoms with E-state index >= 15 is 0 Å². The predicted octanol–water partition coefficient (Wildman–Crippen LogP) is 1.89. The Morgan fingerprint density at radius 2 is 1.76 bits per heavy atom. The average Bonchev–Trinajstić information content (AvgIpc) is 2.52. The van der Waals surface area contributed by atoms with Gasteiger partial charge < -0.3 is 19.8 Å². The Bertz CT molecular complexity index is 573. The Kier molecular flexibility index (Phi) is 3.76. The molecule has 1 heterocycles. The van der Waals surface area contributed by atoms with Crippen LogP contribution < -0.4 is 15.9 Å². The van der Waals surface area contributed by atoms with Crippen molar-refractivity contribution in [3.8, 4) is 5.75 Å². The molecule has 5 nitrogen and oxygen atoms in total. The molecule has 1 fully saturated rings. The van der Waals surface area contributed by atoms with Crippen LogP contribution in [0, 0.1) is 12.7 Å². The van der Waals surface area contributed by atoms with Gasteiger partial charge in [-0.1, -0.05) is 0 Å². The summed E-state index contributed by atoms with van der Waals surface area (Å²) in [5, 5.41) is 0. The Labute approximate surface area is 123 Å². The Morgan fingerprint density at radius 1 is 1.24 bits per heavy atom. The molecule has 114 valence electrons. The Hall–Kier alpha value is -1.60. The summed E-state index contributed by atoms with van der Waals surface area (Å²) in [6, 6.07) is 2.42. The molecule has 0 unspecified atom stereocenters. The summed E-state index contributed by atoms with van der Waals surface area (Å²) in [4.78, 5) is 10.9. The van der Waals surface area contributed by atoms with Crippen LogP contribution in [0.4, 0.5) is 9.18 Å². The zero-order valence-electron chi connectivity index (χ0n) is 12.8. The first-order chi connectivity index (χ1) is 9.53. The van der Waals surface area contributed by atoms with Gasteiger partial charge in [-0.2, -0.15) is 0 Å². The molecule has 1 aromatic carbocycles. The molecule has 0 aromatic heterocycles. The molecule has 21 heavy (non-hydrogen) atoms. The van der Waals surface area contributed by atoms with Gasteiger partial charge in [0, 0.05) is 6.07 Å². The fourth-order valence-corrected chi connectivity index (χ4v) is 2.10. The maximum absolute atomic E-state index is 13.8. The van der Waals surface area contributed by atoms with Gasteiger partial charge in [0.05, 0.1) is 11.2 Å². The number of carbonyl (C=O) groups is 1. The molecule has 1 aliphatic heterocycles. The summed E-state index contributed by atoms with van der Waals surface area (Å²) in [5.41, 5.74) is 4.93. The lowest BCUT2D eigenvalue weighted by Gasteiger charge is -2.32. The zero-order chi connectivity index (χ0) is 16.0. The van der Waals surface area contributed by atoms with Crippen molar-refractivity contribution in [1.82, 2.24) is 0 Å². The highest BCUT2D eigenvalue weighted by molar-refractivity contribution is 6.62. The number of amides is 1. The molecule has 1 aromatic rings. The van der Waals surface area contributed by atoms with Crippen LogP contribution >= 0.6 is 0 Å². The van der Waals surface area contributed by atoms with E-state index in [2.05, 4.69) is 0 Å². The van der Waals surface area contributed by atoms with Gasteiger partial charge in [0.2, 0.25) is 0 Å². The summed E-state index contributed by atoms with van der Waals surface area (Å²) in [6.07, 6.45) is -0.997. The number of hydrogen-bond acceptors (Lipinski definition) is 4. The summed E-state index contributed by atoms with van der Waals surface area (Å²) < 4.78 is 30.3. The van der Waals surface area contributed by atoms with Crippen molar-refractivity contribution in [3.63, 3.8) is 0 Å². The smallest absolute Gasteiger partial charge is 0.410 e. The lowest BCUT2D eigenvalue weighted by molar-refractivity contribution is 0.00578. The summed E-state index contributed by atoms with van der Waals surface area (Å²) >= 11 is 0. The number of nitrogens with two attached hydrogens (primary N) is 1. The largest absolute Gasteiger partial charge is 0.495 e. The molecule has 2 rings (SSSR count). The third-order valence-electron chi connectivity index (χ3n) is 4.08. The van der Waals surface area contributed by atoms with Gasteiger partial charge in [-0.25, -0.2) is 9.18 Å². The molecule has 0 aliphatic carbocycles. The molecular weight excluding hydrogens is 276 g/mol. The molecule has 1 aliphatic rings. The first-order valence-corrected chi connectivity index (χ1v) is 6.66. The Balaban J connectivity index is 2.42. The van der Waals surface area contributed by atoms with Crippen molar-refractivity contribution in [2.24, 2.45) is 5.73 Å². The summed E-state index contributed by atoms with van der Waals surface area (Å²) in [5.74, 6) is -0.492. The summed E-state index contributed by atoms with van der Waals surface area (Å²) in [7, 11) is -0.735. The van der Waals surface area contributed by atoms with E-state index in [0.29, 0.717) is 11.0 Å². The SMILES string of the molecule is Cc1c(OC(N)=O)cc(F)cc1B1OC(C)(C)C(C)(C)O1. The van der Waals surface area contributed by atoms with Crippen LogP contribution in [-0.4, -0.2) is 24.4 Å². The molecule has 0 spiro atoms. The second kappa shape index (κ2) is 5.00. The van der Waals surface area contributed by atoms with Crippen LogP contribution in [0.5, 0.6) is 5.75 Å². The van der Waals surface area contributed by atoms with Gasteiger partial charge in [0.25, 0.3) is 0 Å². The average molecular weight is 295 g/mol. The molecule has 2 N–H and O–H groups in total. The molecule has 0 bridgehead atoms. The molecule has 1 saturated heterocycles. The van der Waals surface area contributed by atoms with E-state index in [0.717, 1.165) is 6.07 Å². The normalized spacial score (nSPS) is 19.6. The van der Waals surface area contributed by atoms with E-state index in [1.54, 1.807) is 6.92 Å². The van der Waals surface area contributed by atoms with Gasteiger partial charge in [-0.15, -0.1) is 0 Å². The highest BCUT2D eigenvalue weighted by atomic mass is 19.1. The molecule has 1 amide bonds. The number of hydrogen-bond donors (Lipinski definition) is 1. The number of benzene rings is 1. The second-order valence-corrected chi connectivity index (χ2v) is 6.13. The van der Waals surface area contributed by atoms with Crippen molar-refractivity contribution in [3.05, 3.63) is 23.5 Å². The van der Waals surface area contributed by atoms with Gasteiger partial charge in [0.1, 0.15) is 11.6 Å². The maximum Gasteiger partial charge on any atom is 0.495 e. The number of rotatable bonds is 2. The van der Waals surface area contributed by atoms with Crippen LogP contribution in [0.3, 0.4) is 0 Å². The monoisotopic (exact) mass is 295 g/mol. The quantitative estimate of drug-likeness (QED) is 0.846. The van der Waals surface area contributed by atoms with Crippen molar-refractivity contribution < 1.29 is 23.2 Å². The van der Waals surface area contributed by atoms with Crippen molar-refractivity contribution in [2.45, 2.75) is 45.8 Å². The van der Waals surface area contributed by atoms with Crippen molar-refractivity contribution >= 4 is 18.7 Å². The third-order valence-corrected chi connectivity index (χ3v) is 4.08. The van der Waals surface area contributed by atoms with Gasteiger partial charge in [0.15, 0.2) is 0 Å². The molecular formula is C14H19BFNO4. The molecule has 7 heteroatoms. The second-order valence-electron chi connectivity index (χ2n) is 6.13. The van der Waals surface area contributed by atoms with Crippen LogP contribution in [0.2, 0.25) is 0 Å². The van der Waals surface area contributed by atoms with E-state index in [4.69, 9.17) is 19.8 Å². The first-order valence-electron chi connectivity index (χ1n) is 6.66. The fourth-order valence-electron chi connectivity index (χ4n) is 2.10. The van der Waals surface area contributed by atoms with Gasteiger partial charge >= 0.3 is 13.2 Å². The topological polar surface area (TPSA) is 70.8 Å². The van der Waals surface area contributed by atoms with Gasteiger partial charge in [-0.05, 0) is 51.7 Å². The lowest BCUT2D eigenvalue weighted by atomic mass is 9.76. The minimum atomic E-state index is -0.997. The zero-order valence-corrected chi connectivity index (χ0v) is 12.8. The van der Waals surface area contributed by atoms with Crippen molar-refractivity contribution in [2.75, 3.05) is 0 Å². The van der Waals surface area contributed by atoms with Crippen LogP contribution in [-0.2, 0) is 9.31 Å². The summed E-state index contributed by atoms with van der Waals surface area (Å²) in [6.45, 7) is 9.31. The lowest BCUT2D eigenvalue weighted by Crippen LogP contribution is -2.41. The molecule has 0 saturated carbocycles. The fraction of sp³-hybridized carbons (Fsp3) is 0.500. The number of halogens is 1. The van der Waals surface area contributed by atoms with Crippen molar-refractivity contribution in [1.29, 1.82) is 0 Å². The van der Waals surface area contributed by atoms with E-state index in [9.17, 15) is 9.18 Å².